The number of nitrogens with zero attached hydrogens (tertiary/aromatic N) is 3. The first-order chi connectivity index (χ1) is 18.5. The van der Waals surface area contributed by atoms with Gasteiger partial charge < -0.3 is 14.4 Å². The number of ether oxygens (including phenoxy) is 2. The van der Waals surface area contributed by atoms with E-state index in [0.717, 1.165) is 30.0 Å². The van der Waals surface area contributed by atoms with E-state index in [9.17, 15) is 4.79 Å². The van der Waals surface area contributed by atoms with E-state index in [0.29, 0.717) is 39.0 Å². The standard InChI is InChI=1S/C30H28ClN3O3S/c1-33(19-21-7-4-3-5-8-21)15-6-16-37-26-14-13-24(17-27(26)36-2)34-20-32-25-18-28(38-29(25)30(34)35)22-9-11-23(31)12-10-22/h3-5,7-14,17-18,20H,6,15-16,19H2,1-2H3. The highest BCUT2D eigenvalue weighted by atomic mass is 35.5. The van der Waals surface area contributed by atoms with Crippen LogP contribution in [0.5, 0.6) is 11.5 Å². The molecule has 0 bridgehead atoms. The first-order valence-corrected chi connectivity index (χ1v) is 13.5. The molecule has 0 atom stereocenters. The Morgan fingerprint density at radius 1 is 1.00 bits per heavy atom. The molecular formula is C30H28ClN3O3S. The van der Waals surface area contributed by atoms with Crippen molar-refractivity contribution in [1.82, 2.24) is 14.5 Å². The normalized spacial score (nSPS) is 11.3. The van der Waals surface area contributed by atoms with Crippen LogP contribution in [0.4, 0.5) is 0 Å². The number of fused-ring (bicyclic) bond motifs is 1. The van der Waals surface area contributed by atoms with E-state index in [-0.39, 0.29) is 5.56 Å². The van der Waals surface area contributed by atoms with Crippen LogP contribution in [-0.2, 0) is 6.54 Å². The lowest BCUT2D eigenvalue weighted by molar-refractivity contribution is 0.250. The molecule has 3 aromatic carbocycles. The van der Waals surface area contributed by atoms with Crippen LogP contribution in [0.1, 0.15) is 12.0 Å². The zero-order valence-electron chi connectivity index (χ0n) is 21.3. The molecule has 0 spiro atoms. The van der Waals surface area contributed by atoms with Crippen LogP contribution in [-0.4, -0.2) is 41.8 Å². The van der Waals surface area contributed by atoms with Crippen molar-refractivity contribution in [3.05, 3.63) is 106 Å². The molecule has 0 fully saturated rings. The maximum Gasteiger partial charge on any atom is 0.275 e. The second kappa shape index (κ2) is 11.8. The third kappa shape index (κ3) is 5.91. The lowest BCUT2D eigenvalue weighted by Crippen LogP contribution is -2.20. The van der Waals surface area contributed by atoms with Crippen LogP contribution in [0.3, 0.4) is 0 Å². The zero-order valence-corrected chi connectivity index (χ0v) is 22.8. The Labute approximate surface area is 230 Å². The summed E-state index contributed by atoms with van der Waals surface area (Å²) in [7, 11) is 3.71. The average Bonchev–Trinajstić information content (AvgIpc) is 3.38. The monoisotopic (exact) mass is 545 g/mol. The van der Waals surface area contributed by atoms with Gasteiger partial charge in [0.05, 0.1) is 24.9 Å². The molecular weight excluding hydrogens is 518 g/mol. The van der Waals surface area contributed by atoms with Gasteiger partial charge in [0.25, 0.3) is 5.56 Å². The van der Waals surface area contributed by atoms with Gasteiger partial charge >= 0.3 is 0 Å². The van der Waals surface area contributed by atoms with Crippen LogP contribution in [0.25, 0.3) is 26.3 Å². The van der Waals surface area contributed by atoms with E-state index in [1.54, 1.807) is 19.5 Å². The van der Waals surface area contributed by atoms with E-state index in [1.807, 2.05) is 48.5 Å². The summed E-state index contributed by atoms with van der Waals surface area (Å²) in [4.78, 5) is 21.1. The van der Waals surface area contributed by atoms with Crippen molar-refractivity contribution < 1.29 is 9.47 Å². The van der Waals surface area contributed by atoms with Gasteiger partial charge in [0.2, 0.25) is 0 Å². The average molecular weight is 546 g/mol. The van der Waals surface area contributed by atoms with Gasteiger partial charge in [-0.1, -0.05) is 54.1 Å². The van der Waals surface area contributed by atoms with Gasteiger partial charge in [0.1, 0.15) is 11.0 Å². The van der Waals surface area contributed by atoms with Gasteiger partial charge in [0, 0.05) is 29.1 Å². The largest absolute Gasteiger partial charge is 0.493 e. The lowest BCUT2D eigenvalue weighted by Gasteiger charge is -2.17. The summed E-state index contributed by atoms with van der Waals surface area (Å²) in [6.45, 7) is 2.37. The van der Waals surface area contributed by atoms with E-state index in [2.05, 4.69) is 41.2 Å². The summed E-state index contributed by atoms with van der Waals surface area (Å²) in [5.41, 5.74) is 3.50. The molecule has 38 heavy (non-hydrogen) atoms. The highest BCUT2D eigenvalue weighted by Gasteiger charge is 2.14. The number of thiophene rings is 1. The summed E-state index contributed by atoms with van der Waals surface area (Å²) in [5.74, 6) is 1.21. The molecule has 194 valence electrons. The number of hydrogen-bond acceptors (Lipinski definition) is 6. The third-order valence-corrected chi connectivity index (χ3v) is 7.64. The molecule has 8 heteroatoms. The van der Waals surface area contributed by atoms with Crippen molar-refractivity contribution in [1.29, 1.82) is 0 Å². The smallest absolute Gasteiger partial charge is 0.275 e. The predicted octanol–water partition coefficient (Wildman–Crippen LogP) is 6.68. The number of benzene rings is 3. The highest BCUT2D eigenvalue weighted by Crippen LogP contribution is 2.33. The zero-order chi connectivity index (χ0) is 26.5. The van der Waals surface area contributed by atoms with Gasteiger partial charge in [-0.25, -0.2) is 4.98 Å². The fourth-order valence-electron chi connectivity index (χ4n) is 4.27. The fourth-order valence-corrected chi connectivity index (χ4v) is 5.44. The first kappa shape index (κ1) is 26.0. The summed E-state index contributed by atoms with van der Waals surface area (Å²) in [6, 6.07) is 25.4. The Hall–Kier alpha value is -3.65. The molecule has 6 nitrogen and oxygen atoms in total. The van der Waals surface area contributed by atoms with Gasteiger partial charge in [-0.05, 0) is 54.9 Å². The Kier molecular flexibility index (Phi) is 8.08. The number of hydrogen-bond donors (Lipinski definition) is 0. The lowest BCUT2D eigenvalue weighted by atomic mass is 10.2. The SMILES string of the molecule is COc1cc(-n2cnc3cc(-c4ccc(Cl)cc4)sc3c2=O)ccc1OCCCN(C)Cc1ccccc1. The second-order valence-electron chi connectivity index (χ2n) is 9.01. The molecule has 2 aromatic heterocycles. The summed E-state index contributed by atoms with van der Waals surface area (Å²) in [6.07, 6.45) is 2.43. The summed E-state index contributed by atoms with van der Waals surface area (Å²) < 4.78 is 13.7. The molecule has 0 saturated heterocycles. The maximum absolute atomic E-state index is 13.4. The Balaban J connectivity index is 1.27. The third-order valence-electron chi connectivity index (χ3n) is 6.23. The summed E-state index contributed by atoms with van der Waals surface area (Å²) >= 11 is 7.44. The van der Waals surface area contributed by atoms with Crippen LogP contribution in [0.2, 0.25) is 5.02 Å². The molecule has 0 radical (unpaired) electrons. The molecule has 0 saturated carbocycles. The number of rotatable bonds is 10. The topological polar surface area (TPSA) is 56.6 Å². The van der Waals surface area contributed by atoms with Gasteiger partial charge in [-0.15, -0.1) is 11.3 Å². The molecule has 5 rings (SSSR count). The molecule has 0 aliphatic carbocycles. The van der Waals surface area contributed by atoms with Crippen molar-refractivity contribution in [2.24, 2.45) is 0 Å². The Morgan fingerprint density at radius 2 is 1.79 bits per heavy atom. The molecule has 0 amide bonds. The van der Waals surface area contributed by atoms with E-state index >= 15 is 0 Å². The number of aromatic nitrogens is 2. The molecule has 0 aliphatic heterocycles. The number of methoxy groups -OCH3 is 1. The van der Waals surface area contributed by atoms with Crippen LogP contribution in [0.15, 0.2) is 90.0 Å². The van der Waals surface area contributed by atoms with Crippen LogP contribution >= 0.6 is 22.9 Å². The van der Waals surface area contributed by atoms with Crippen molar-refractivity contribution in [2.45, 2.75) is 13.0 Å². The molecule has 0 unspecified atom stereocenters. The van der Waals surface area contributed by atoms with Crippen molar-refractivity contribution in [2.75, 3.05) is 27.3 Å². The van der Waals surface area contributed by atoms with E-state index in [4.69, 9.17) is 21.1 Å². The van der Waals surface area contributed by atoms with Crippen molar-refractivity contribution in [3.8, 4) is 27.6 Å². The molecule has 2 heterocycles. The van der Waals surface area contributed by atoms with Gasteiger partial charge in [-0.3, -0.25) is 9.36 Å². The van der Waals surface area contributed by atoms with Gasteiger partial charge in [-0.2, -0.15) is 0 Å². The molecule has 0 aliphatic rings. The quantitative estimate of drug-likeness (QED) is 0.183. The second-order valence-corrected chi connectivity index (χ2v) is 10.5. The molecule has 0 N–H and O–H groups in total. The van der Waals surface area contributed by atoms with Gasteiger partial charge in [0.15, 0.2) is 11.5 Å². The minimum absolute atomic E-state index is 0.127. The minimum atomic E-state index is -0.127. The molecule has 5 aromatic rings. The van der Waals surface area contributed by atoms with E-state index in [1.165, 1.54) is 21.5 Å². The van der Waals surface area contributed by atoms with Crippen molar-refractivity contribution in [3.63, 3.8) is 0 Å². The van der Waals surface area contributed by atoms with Crippen LogP contribution in [0, 0.1) is 0 Å². The minimum Gasteiger partial charge on any atom is -0.493 e. The maximum atomic E-state index is 13.4. The van der Waals surface area contributed by atoms with E-state index < -0.39 is 0 Å². The number of halogens is 1. The first-order valence-electron chi connectivity index (χ1n) is 12.3. The van der Waals surface area contributed by atoms with Crippen LogP contribution < -0.4 is 15.0 Å². The van der Waals surface area contributed by atoms with Crippen molar-refractivity contribution >= 4 is 33.2 Å². The highest BCUT2D eigenvalue weighted by molar-refractivity contribution is 7.22. The fraction of sp³-hybridized carbons (Fsp3) is 0.200. The Morgan fingerprint density at radius 3 is 2.55 bits per heavy atom. The summed E-state index contributed by atoms with van der Waals surface area (Å²) in [5, 5.41) is 0.673. The predicted molar refractivity (Wildman–Crippen MR) is 155 cm³/mol. The Bertz CT molecular complexity index is 1580.